The van der Waals surface area contributed by atoms with Crippen LogP contribution in [0.2, 0.25) is 5.02 Å². The molecule has 0 aromatic heterocycles. The molecule has 0 radical (unpaired) electrons. The molecule has 1 atom stereocenters. The first kappa shape index (κ1) is 13.6. The Morgan fingerprint density at radius 1 is 1.19 bits per heavy atom. The van der Waals surface area contributed by atoms with Crippen molar-refractivity contribution in [2.75, 3.05) is 0 Å². The van der Waals surface area contributed by atoms with Crippen LogP contribution in [-0.2, 0) is 0 Å². The van der Waals surface area contributed by atoms with Crippen molar-refractivity contribution < 1.29 is 0 Å². The van der Waals surface area contributed by atoms with Gasteiger partial charge in [0.05, 0.1) is 0 Å². The maximum atomic E-state index is 6.08. The van der Waals surface area contributed by atoms with E-state index in [4.69, 9.17) is 11.6 Å². The van der Waals surface area contributed by atoms with E-state index < -0.39 is 0 Å². The van der Waals surface area contributed by atoms with Gasteiger partial charge in [-0.3, -0.25) is 0 Å². The van der Waals surface area contributed by atoms with Crippen LogP contribution >= 0.6 is 11.6 Å². The summed E-state index contributed by atoms with van der Waals surface area (Å²) in [5.41, 5.74) is 2.83. The Labute approximate surface area is 105 Å². The highest BCUT2D eigenvalue weighted by molar-refractivity contribution is 6.30. The van der Waals surface area contributed by atoms with Gasteiger partial charge in [-0.2, -0.15) is 0 Å². The summed E-state index contributed by atoms with van der Waals surface area (Å²) >= 11 is 6.08. The summed E-state index contributed by atoms with van der Waals surface area (Å²) in [5.74, 6) is 0.685. The van der Waals surface area contributed by atoms with Crippen molar-refractivity contribution in [3.63, 3.8) is 0 Å². The van der Waals surface area contributed by atoms with Gasteiger partial charge in [-0.05, 0) is 48.9 Å². The molecule has 0 N–H and O–H groups in total. The lowest BCUT2D eigenvalue weighted by atomic mass is 9.88. The van der Waals surface area contributed by atoms with E-state index in [-0.39, 0.29) is 0 Å². The largest absolute Gasteiger partial charge is 0.0843 e. The lowest BCUT2D eigenvalue weighted by molar-refractivity contribution is 0.551. The third kappa shape index (κ3) is 3.83. The van der Waals surface area contributed by atoms with E-state index in [9.17, 15) is 0 Å². The second-order valence-corrected chi connectivity index (χ2v) is 5.04. The highest BCUT2D eigenvalue weighted by Gasteiger charge is 2.11. The number of benzene rings is 1. The second-order valence-electron chi connectivity index (χ2n) is 4.60. The molecule has 16 heavy (non-hydrogen) atoms. The van der Waals surface area contributed by atoms with Crippen molar-refractivity contribution >= 4 is 11.6 Å². The van der Waals surface area contributed by atoms with Crippen LogP contribution in [0.4, 0.5) is 0 Å². The van der Waals surface area contributed by atoms with Gasteiger partial charge in [-0.25, -0.2) is 0 Å². The molecule has 0 nitrogen and oxygen atoms in total. The van der Waals surface area contributed by atoms with E-state index in [1.807, 2.05) is 6.07 Å². The van der Waals surface area contributed by atoms with E-state index in [2.05, 4.69) is 32.9 Å². The molecule has 0 saturated heterocycles. The third-order valence-corrected chi connectivity index (χ3v) is 3.57. The normalized spacial score (nSPS) is 12.8. The van der Waals surface area contributed by atoms with Gasteiger partial charge in [0.1, 0.15) is 0 Å². The van der Waals surface area contributed by atoms with Crippen LogP contribution in [0.1, 0.15) is 63.0 Å². The van der Waals surface area contributed by atoms with E-state index in [1.165, 1.54) is 43.2 Å². The van der Waals surface area contributed by atoms with E-state index >= 15 is 0 Å². The average molecular weight is 239 g/mol. The van der Waals surface area contributed by atoms with Crippen molar-refractivity contribution in [2.45, 2.75) is 58.8 Å². The number of halogens is 1. The zero-order valence-corrected chi connectivity index (χ0v) is 11.5. The van der Waals surface area contributed by atoms with Crippen LogP contribution in [-0.4, -0.2) is 0 Å². The molecule has 0 heterocycles. The summed E-state index contributed by atoms with van der Waals surface area (Å²) in [6.07, 6.45) is 6.48. The van der Waals surface area contributed by atoms with E-state index in [0.717, 1.165) is 5.02 Å². The summed E-state index contributed by atoms with van der Waals surface area (Å²) in [6.45, 7) is 6.72. The van der Waals surface area contributed by atoms with Crippen molar-refractivity contribution in [1.29, 1.82) is 0 Å². The molecule has 0 aliphatic carbocycles. The Hall–Kier alpha value is -0.490. The van der Waals surface area contributed by atoms with Crippen LogP contribution < -0.4 is 0 Å². The summed E-state index contributed by atoms with van der Waals surface area (Å²) in [5, 5.41) is 0.870. The lowest BCUT2D eigenvalue weighted by Crippen LogP contribution is -2.00. The number of hydrogen-bond acceptors (Lipinski definition) is 0. The van der Waals surface area contributed by atoms with Gasteiger partial charge >= 0.3 is 0 Å². The van der Waals surface area contributed by atoms with Crippen molar-refractivity contribution in [1.82, 2.24) is 0 Å². The standard InChI is InChI=1S/C15H23Cl/c1-4-6-7-8-13(5-2)15-11-14(16)10-9-12(15)3/h9-11,13H,4-8H2,1-3H3. The van der Waals surface area contributed by atoms with Crippen LogP contribution in [0.5, 0.6) is 0 Å². The highest BCUT2D eigenvalue weighted by atomic mass is 35.5. The topological polar surface area (TPSA) is 0 Å². The molecule has 0 spiro atoms. The predicted molar refractivity (Wildman–Crippen MR) is 73.4 cm³/mol. The molecular formula is C15H23Cl. The number of aryl methyl sites for hydroxylation is 1. The van der Waals surface area contributed by atoms with Crippen molar-refractivity contribution in [2.24, 2.45) is 0 Å². The van der Waals surface area contributed by atoms with Crippen LogP contribution in [0.3, 0.4) is 0 Å². The molecule has 1 unspecified atom stereocenters. The quantitative estimate of drug-likeness (QED) is 0.556. The highest BCUT2D eigenvalue weighted by Crippen LogP contribution is 2.30. The molecule has 90 valence electrons. The summed E-state index contributed by atoms with van der Waals surface area (Å²) < 4.78 is 0. The monoisotopic (exact) mass is 238 g/mol. The molecule has 1 aromatic carbocycles. The molecule has 1 aromatic rings. The molecule has 0 saturated carbocycles. The number of unbranched alkanes of at least 4 members (excludes halogenated alkanes) is 2. The first-order valence-corrected chi connectivity index (χ1v) is 6.82. The Morgan fingerprint density at radius 2 is 1.94 bits per heavy atom. The van der Waals surface area contributed by atoms with Gasteiger partial charge in [0.2, 0.25) is 0 Å². The fourth-order valence-corrected chi connectivity index (χ4v) is 2.45. The number of rotatable bonds is 6. The smallest absolute Gasteiger partial charge is 0.0409 e. The summed E-state index contributed by atoms with van der Waals surface area (Å²) in [6, 6.07) is 6.27. The van der Waals surface area contributed by atoms with Crippen LogP contribution in [0, 0.1) is 6.92 Å². The maximum absolute atomic E-state index is 6.08. The van der Waals surface area contributed by atoms with Crippen molar-refractivity contribution in [3.05, 3.63) is 34.3 Å². The zero-order chi connectivity index (χ0) is 12.0. The van der Waals surface area contributed by atoms with Gasteiger partial charge in [0, 0.05) is 5.02 Å². The lowest BCUT2D eigenvalue weighted by Gasteiger charge is -2.18. The number of hydrogen-bond donors (Lipinski definition) is 0. The Balaban J connectivity index is 2.73. The van der Waals surface area contributed by atoms with Crippen LogP contribution in [0.15, 0.2) is 18.2 Å². The molecule has 0 aliphatic heterocycles. The second kappa shape index (κ2) is 6.96. The van der Waals surface area contributed by atoms with E-state index in [1.54, 1.807) is 0 Å². The minimum Gasteiger partial charge on any atom is -0.0843 e. The average Bonchev–Trinajstić information content (AvgIpc) is 2.28. The molecular weight excluding hydrogens is 216 g/mol. The Kier molecular flexibility index (Phi) is 5.90. The predicted octanol–water partition coefficient (Wildman–Crippen LogP) is 5.72. The van der Waals surface area contributed by atoms with Crippen molar-refractivity contribution in [3.8, 4) is 0 Å². The minimum atomic E-state index is 0.685. The summed E-state index contributed by atoms with van der Waals surface area (Å²) in [4.78, 5) is 0. The SMILES string of the molecule is CCCCCC(CC)c1cc(Cl)ccc1C. The molecule has 0 fully saturated rings. The van der Waals surface area contributed by atoms with Crippen LogP contribution in [0.25, 0.3) is 0 Å². The van der Waals surface area contributed by atoms with Gasteiger partial charge < -0.3 is 0 Å². The van der Waals surface area contributed by atoms with Gasteiger partial charge in [-0.15, -0.1) is 0 Å². The molecule has 0 bridgehead atoms. The zero-order valence-electron chi connectivity index (χ0n) is 10.7. The van der Waals surface area contributed by atoms with E-state index in [0.29, 0.717) is 5.92 Å². The minimum absolute atomic E-state index is 0.685. The fourth-order valence-electron chi connectivity index (χ4n) is 2.27. The molecule has 1 rings (SSSR count). The Bertz CT molecular complexity index is 317. The molecule has 0 aliphatic rings. The van der Waals surface area contributed by atoms with Gasteiger partial charge in [0.25, 0.3) is 0 Å². The first-order chi connectivity index (χ1) is 7.69. The Morgan fingerprint density at radius 3 is 2.56 bits per heavy atom. The van der Waals surface area contributed by atoms with Gasteiger partial charge in [-0.1, -0.05) is 50.8 Å². The fraction of sp³-hybridized carbons (Fsp3) is 0.600. The molecule has 0 amide bonds. The third-order valence-electron chi connectivity index (χ3n) is 3.33. The maximum Gasteiger partial charge on any atom is 0.0409 e. The molecule has 1 heteroatoms. The summed E-state index contributed by atoms with van der Waals surface area (Å²) in [7, 11) is 0. The van der Waals surface area contributed by atoms with Gasteiger partial charge in [0.15, 0.2) is 0 Å². The first-order valence-electron chi connectivity index (χ1n) is 6.45.